The minimum absolute atomic E-state index is 0.0587. The minimum Gasteiger partial charge on any atom is -0.461 e. The first-order valence-corrected chi connectivity index (χ1v) is 12.5. The largest absolute Gasteiger partial charge is 0.461 e. The molecule has 5 rings (SSSR count). The number of allylic oxidation sites excluding steroid dienone is 1. The fourth-order valence-corrected chi connectivity index (χ4v) is 7.31. The molecule has 0 unspecified atom stereocenters. The molecule has 2 saturated carbocycles. The number of nitrogens with zero attached hydrogens (tertiary/aromatic N) is 2. The van der Waals surface area contributed by atoms with Gasteiger partial charge in [-0.25, -0.2) is 0 Å². The van der Waals surface area contributed by atoms with Crippen molar-refractivity contribution in [2.75, 3.05) is 32.7 Å². The molecule has 2 saturated heterocycles. The Bertz CT molecular complexity index is 680. The van der Waals surface area contributed by atoms with E-state index in [1.54, 1.807) is 0 Å². The third kappa shape index (κ3) is 3.45. The number of esters is 1. The van der Waals surface area contributed by atoms with Gasteiger partial charge in [0.2, 0.25) is 0 Å². The van der Waals surface area contributed by atoms with Gasteiger partial charge in [-0.1, -0.05) is 44.8 Å². The number of hydrogen-bond donors (Lipinski definition) is 1. The summed E-state index contributed by atoms with van der Waals surface area (Å²) in [6, 6.07) is 0.778. The highest BCUT2D eigenvalue weighted by molar-refractivity contribution is 5.76. The SMILES string of the molecule is C[C@@H]1CCC=C2C[C@H]3OC(=O)[C@H](CN4CCN(C5CCCCC5)CC4)[C@H]3[C@@H](O)[C@@]21C. The highest BCUT2D eigenvalue weighted by Crippen LogP contribution is 2.56. The van der Waals surface area contributed by atoms with Gasteiger partial charge in [0.25, 0.3) is 0 Å². The number of carbonyl (C=O) groups is 1. The van der Waals surface area contributed by atoms with E-state index in [9.17, 15) is 9.90 Å². The normalized spacial score (nSPS) is 43.6. The number of aliphatic hydroxyl groups excluding tert-OH is 1. The van der Waals surface area contributed by atoms with Crippen LogP contribution >= 0.6 is 0 Å². The third-order valence-electron chi connectivity index (χ3n) is 9.52. The summed E-state index contributed by atoms with van der Waals surface area (Å²) in [6.07, 6.45) is 11.6. The molecule has 0 aromatic rings. The molecule has 3 aliphatic carbocycles. The van der Waals surface area contributed by atoms with Crippen molar-refractivity contribution >= 4 is 5.97 Å². The highest BCUT2D eigenvalue weighted by atomic mass is 16.6. The van der Waals surface area contributed by atoms with Crippen molar-refractivity contribution in [2.24, 2.45) is 23.2 Å². The van der Waals surface area contributed by atoms with E-state index in [0.717, 1.165) is 58.0 Å². The first kappa shape index (κ1) is 21.0. The van der Waals surface area contributed by atoms with E-state index in [1.165, 1.54) is 37.7 Å². The molecule has 2 aliphatic heterocycles. The maximum atomic E-state index is 12.9. The van der Waals surface area contributed by atoms with Gasteiger partial charge in [-0.15, -0.1) is 0 Å². The van der Waals surface area contributed by atoms with E-state index in [2.05, 4.69) is 29.7 Å². The van der Waals surface area contributed by atoms with Crippen LogP contribution in [0, 0.1) is 23.2 Å². The van der Waals surface area contributed by atoms with Gasteiger partial charge in [-0.3, -0.25) is 14.6 Å². The van der Waals surface area contributed by atoms with Crippen molar-refractivity contribution in [3.8, 4) is 0 Å². The van der Waals surface area contributed by atoms with Gasteiger partial charge >= 0.3 is 5.97 Å². The molecule has 5 heteroatoms. The molecule has 0 spiro atoms. The fourth-order valence-electron chi connectivity index (χ4n) is 7.31. The number of carbonyl (C=O) groups excluding carboxylic acids is 1. The first-order chi connectivity index (χ1) is 14.5. The number of hydrogen-bond acceptors (Lipinski definition) is 5. The average molecular weight is 417 g/mol. The lowest BCUT2D eigenvalue weighted by molar-refractivity contribution is -0.145. The standard InChI is InChI=1S/C25H40N2O3/c1-17-7-6-8-18-15-21-22(23(28)25(17,18)2)20(24(29)30-21)16-26-11-13-27(14-12-26)19-9-4-3-5-10-19/h8,17,19-23,28H,3-7,9-16H2,1-2H3/t17-,20-,21-,22-,23-,25-/m1/s1. The number of rotatable bonds is 3. The van der Waals surface area contributed by atoms with Crippen LogP contribution in [0.15, 0.2) is 11.6 Å². The van der Waals surface area contributed by atoms with Crippen molar-refractivity contribution in [1.29, 1.82) is 0 Å². The predicted octanol–water partition coefficient (Wildman–Crippen LogP) is 3.22. The molecular weight excluding hydrogens is 376 g/mol. The van der Waals surface area contributed by atoms with E-state index in [-0.39, 0.29) is 29.3 Å². The molecule has 168 valence electrons. The second-order valence-electron chi connectivity index (χ2n) is 10.9. The fraction of sp³-hybridized carbons (Fsp3) is 0.880. The Morgan fingerprint density at radius 3 is 2.60 bits per heavy atom. The van der Waals surface area contributed by atoms with E-state index in [4.69, 9.17) is 4.74 Å². The predicted molar refractivity (Wildman–Crippen MR) is 117 cm³/mol. The molecule has 6 atom stereocenters. The van der Waals surface area contributed by atoms with Gasteiger partial charge in [0, 0.05) is 56.5 Å². The topological polar surface area (TPSA) is 53.0 Å². The summed E-state index contributed by atoms with van der Waals surface area (Å²) in [5, 5.41) is 11.5. The van der Waals surface area contributed by atoms with Crippen molar-refractivity contribution in [2.45, 2.75) is 83.5 Å². The van der Waals surface area contributed by atoms with E-state index in [0.29, 0.717) is 5.92 Å². The van der Waals surface area contributed by atoms with Crippen molar-refractivity contribution < 1.29 is 14.6 Å². The quantitative estimate of drug-likeness (QED) is 0.566. The second kappa shape index (κ2) is 8.22. The maximum absolute atomic E-state index is 12.9. The molecule has 5 nitrogen and oxygen atoms in total. The van der Waals surface area contributed by atoms with Crippen LogP contribution in [0.4, 0.5) is 0 Å². The zero-order valence-electron chi connectivity index (χ0n) is 18.9. The third-order valence-corrected chi connectivity index (χ3v) is 9.52. The summed E-state index contributed by atoms with van der Waals surface area (Å²) in [5.41, 5.74) is 1.12. The monoisotopic (exact) mass is 416 g/mol. The molecule has 0 radical (unpaired) electrons. The van der Waals surface area contributed by atoms with Crippen molar-refractivity contribution in [1.82, 2.24) is 9.80 Å². The molecule has 5 aliphatic rings. The van der Waals surface area contributed by atoms with Gasteiger partial charge in [-0.2, -0.15) is 0 Å². The lowest BCUT2D eigenvalue weighted by Crippen LogP contribution is -2.56. The molecule has 1 N–H and O–H groups in total. The second-order valence-corrected chi connectivity index (χ2v) is 10.9. The van der Waals surface area contributed by atoms with E-state index in [1.807, 2.05) is 0 Å². The zero-order chi connectivity index (χ0) is 20.9. The van der Waals surface area contributed by atoms with Gasteiger partial charge in [-0.05, 0) is 31.6 Å². The molecule has 0 aromatic heterocycles. The van der Waals surface area contributed by atoms with Crippen molar-refractivity contribution in [3.63, 3.8) is 0 Å². The van der Waals surface area contributed by atoms with Crippen LogP contribution in [0.5, 0.6) is 0 Å². The Labute approximate surface area is 181 Å². The molecule has 4 fully saturated rings. The Morgan fingerprint density at radius 2 is 1.87 bits per heavy atom. The Hall–Kier alpha value is -0.910. The van der Waals surface area contributed by atoms with Crippen LogP contribution in [0.2, 0.25) is 0 Å². The lowest BCUT2D eigenvalue weighted by atomic mass is 9.55. The summed E-state index contributed by atoms with van der Waals surface area (Å²) in [7, 11) is 0. The van der Waals surface area contributed by atoms with Crippen LogP contribution in [-0.4, -0.2) is 71.8 Å². The molecule has 0 bridgehead atoms. The summed E-state index contributed by atoms with van der Waals surface area (Å²) < 4.78 is 5.86. The summed E-state index contributed by atoms with van der Waals surface area (Å²) in [4.78, 5) is 18.0. The van der Waals surface area contributed by atoms with Gasteiger partial charge in [0.1, 0.15) is 6.10 Å². The molecule has 0 amide bonds. The highest BCUT2D eigenvalue weighted by Gasteiger charge is 2.59. The van der Waals surface area contributed by atoms with Crippen LogP contribution in [0.3, 0.4) is 0 Å². The van der Waals surface area contributed by atoms with Gasteiger partial charge in [0.05, 0.1) is 12.0 Å². The van der Waals surface area contributed by atoms with Gasteiger partial charge < -0.3 is 9.84 Å². The van der Waals surface area contributed by atoms with Crippen molar-refractivity contribution in [3.05, 3.63) is 11.6 Å². The molecule has 2 heterocycles. The maximum Gasteiger partial charge on any atom is 0.311 e. The Balaban J connectivity index is 1.25. The lowest BCUT2D eigenvalue weighted by Gasteiger charge is -2.52. The zero-order valence-corrected chi connectivity index (χ0v) is 18.9. The number of piperazine rings is 1. The summed E-state index contributed by atoms with van der Waals surface area (Å²) in [5.74, 6) is 0.133. The summed E-state index contributed by atoms with van der Waals surface area (Å²) >= 11 is 0. The number of fused-ring (bicyclic) bond motifs is 2. The molecule has 0 aromatic carbocycles. The summed E-state index contributed by atoms with van der Waals surface area (Å²) in [6.45, 7) is 9.55. The Morgan fingerprint density at radius 1 is 1.13 bits per heavy atom. The smallest absolute Gasteiger partial charge is 0.311 e. The number of aliphatic hydroxyl groups is 1. The average Bonchev–Trinajstić information content (AvgIpc) is 3.07. The molecular formula is C25H40N2O3. The van der Waals surface area contributed by atoms with Gasteiger partial charge in [0.15, 0.2) is 0 Å². The first-order valence-electron chi connectivity index (χ1n) is 12.5. The van der Waals surface area contributed by atoms with Crippen LogP contribution in [0.25, 0.3) is 0 Å². The van der Waals surface area contributed by atoms with E-state index < -0.39 is 6.10 Å². The van der Waals surface area contributed by atoms with Crippen LogP contribution in [0.1, 0.15) is 65.2 Å². The van der Waals surface area contributed by atoms with E-state index >= 15 is 0 Å². The minimum atomic E-state index is -0.488. The van der Waals surface area contributed by atoms with Crippen LogP contribution in [-0.2, 0) is 9.53 Å². The molecule has 30 heavy (non-hydrogen) atoms. The van der Waals surface area contributed by atoms with Crippen LogP contribution < -0.4 is 0 Å². The Kier molecular flexibility index (Phi) is 5.74. The number of ether oxygens (including phenoxy) is 1.